The highest BCUT2D eigenvalue weighted by Crippen LogP contribution is 2.35. The average Bonchev–Trinajstić information content (AvgIpc) is 3.32. The van der Waals surface area contributed by atoms with Gasteiger partial charge in [0.2, 0.25) is 0 Å². The molecule has 0 saturated carbocycles. The molecule has 0 aliphatic rings. The largest absolute Gasteiger partial charge is 0.309 e. The lowest BCUT2D eigenvalue weighted by molar-refractivity contribution is 1.18. The molecule has 6 aromatic carbocycles. The molecule has 38 heavy (non-hydrogen) atoms. The van der Waals surface area contributed by atoms with E-state index in [4.69, 9.17) is 0 Å². The van der Waals surface area contributed by atoms with Crippen LogP contribution in [0.4, 0.5) is 0 Å². The molecule has 7 aromatic rings. The van der Waals surface area contributed by atoms with Gasteiger partial charge in [0.25, 0.3) is 0 Å². The van der Waals surface area contributed by atoms with Crippen molar-refractivity contribution in [3.63, 3.8) is 0 Å². The van der Waals surface area contributed by atoms with Gasteiger partial charge in [-0.3, -0.25) is 0 Å². The highest BCUT2D eigenvalue weighted by atomic mass is 15.0. The van der Waals surface area contributed by atoms with E-state index in [1.54, 1.807) is 0 Å². The first-order valence-corrected chi connectivity index (χ1v) is 13.2. The molecule has 0 bridgehead atoms. The quantitative estimate of drug-likeness (QED) is 0.229. The molecule has 0 aliphatic carbocycles. The minimum absolute atomic E-state index is 0.921. The van der Waals surface area contributed by atoms with Gasteiger partial charge in [-0.15, -0.1) is 0 Å². The van der Waals surface area contributed by atoms with Gasteiger partial charge in [-0.25, -0.2) is 0 Å². The first kappa shape index (κ1) is 22.3. The van der Waals surface area contributed by atoms with E-state index >= 15 is 0 Å². The third kappa shape index (κ3) is 4.09. The Balaban J connectivity index is 1.21. The molecule has 0 spiro atoms. The molecule has 1 heteroatoms. The molecule has 0 saturated heterocycles. The molecule has 0 unspecified atom stereocenters. The predicted molar refractivity (Wildman–Crippen MR) is 161 cm³/mol. The molecular formula is C37H27N. The maximum absolute atomic E-state index is 2.36. The highest BCUT2D eigenvalue weighted by molar-refractivity contribution is 6.10. The molecule has 1 nitrogen and oxygen atoms in total. The van der Waals surface area contributed by atoms with Crippen LogP contribution < -0.4 is 0 Å². The first-order chi connectivity index (χ1) is 18.8. The fourth-order valence-corrected chi connectivity index (χ4v) is 5.55. The fraction of sp³-hybridized carbons (Fsp3) is 0.0270. The Hall–Kier alpha value is -4.88. The van der Waals surface area contributed by atoms with Crippen molar-refractivity contribution in [3.05, 3.63) is 163 Å². The Morgan fingerprint density at radius 1 is 0.368 bits per heavy atom. The lowest BCUT2D eigenvalue weighted by atomic mass is 9.97. The number of benzene rings is 6. The number of aromatic nitrogens is 1. The van der Waals surface area contributed by atoms with Crippen molar-refractivity contribution in [3.8, 4) is 27.9 Å². The molecule has 0 radical (unpaired) electrons. The van der Waals surface area contributed by atoms with Gasteiger partial charge in [0.1, 0.15) is 0 Å². The van der Waals surface area contributed by atoms with Crippen LogP contribution in [0.5, 0.6) is 0 Å². The summed E-state index contributed by atoms with van der Waals surface area (Å²) in [5, 5.41) is 2.56. The Bertz CT molecular complexity index is 1860. The van der Waals surface area contributed by atoms with E-state index in [0.29, 0.717) is 0 Å². The molecule has 0 atom stereocenters. The summed E-state index contributed by atoms with van der Waals surface area (Å²) in [5.41, 5.74) is 11.3. The van der Waals surface area contributed by atoms with E-state index in [1.165, 1.54) is 60.9 Å². The van der Waals surface area contributed by atoms with Gasteiger partial charge >= 0.3 is 0 Å². The minimum atomic E-state index is 0.921. The van der Waals surface area contributed by atoms with Crippen LogP contribution in [-0.2, 0) is 6.42 Å². The van der Waals surface area contributed by atoms with Crippen LogP contribution in [0.2, 0.25) is 0 Å². The minimum Gasteiger partial charge on any atom is -0.309 e. The lowest BCUT2D eigenvalue weighted by Gasteiger charge is -2.09. The van der Waals surface area contributed by atoms with Crippen molar-refractivity contribution >= 4 is 21.8 Å². The smallest absolute Gasteiger partial charge is 0.0541 e. The van der Waals surface area contributed by atoms with Crippen LogP contribution in [-0.4, -0.2) is 4.57 Å². The zero-order chi connectivity index (χ0) is 25.3. The maximum Gasteiger partial charge on any atom is 0.0541 e. The van der Waals surface area contributed by atoms with Crippen molar-refractivity contribution in [2.75, 3.05) is 0 Å². The second-order valence-electron chi connectivity index (χ2n) is 9.86. The van der Waals surface area contributed by atoms with Gasteiger partial charge in [0.15, 0.2) is 0 Å². The highest BCUT2D eigenvalue weighted by Gasteiger charge is 2.13. The summed E-state index contributed by atoms with van der Waals surface area (Å²) in [6.45, 7) is 0. The summed E-state index contributed by atoms with van der Waals surface area (Å²) >= 11 is 0. The number of nitrogens with zero attached hydrogens (tertiary/aromatic N) is 1. The van der Waals surface area contributed by atoms with Crippen molar-refractivity contribution in [1.82, 2.24) is 4.57 Å². The van der Waals surface area contributed by atoms with Crippen LogP contribution in [0.25, 0.3) is 49.7 Å². The number of hydrogen-bond acceptors (Lipinski definition) is 0. The second kappa shape index (κ2) is 9.53. The van der Waals surface area contributed by atoms with E-state index in [1.807, 2.05) is 0 Å². The average molecular weight is 486 g/mol. The Kier molecular flexibility index (Phi) is 5.60. The van der Waals surface area contributed by atoms with E-state index in [9.17, 15) is 0 Å². The summed E-state index contributed by atoms with van der Waals surface area (Å²) in [5.74, 6) is 0. The molecule has 1 aromatic heterocycles. The van der Waals surface area contributed by atoms with E-state index < -0.39 is 0 Å². The molecular weight excluding hydrogens is 458 g/mol. The molecule has 1 heterocycles. The Labute approximate surface area is 223 Å². The number of para-hydroxylation sites is 2. The monoisotopic (exact) mass is 485 g/mol. The van der Waals surface area contributed by atoms with Gasteiger partial charge in [0.05, 0.1) is 11.0 Å². The zero-order valence-electron chi connectivity index (χ0n) is 21.1. The summed E-state index contributed by atoms with van der Waals surface area (Å²) in [6, 6.07) is 54.7. The van der Waals surface area contributed by atoms with Crippen LogP contribution >= 0.6 is 0 Å². The molecule has 0 amide bonds. The SMILES string of the molecule is c1ccc(-c2cccc(Cc3ccc(-c4ccc5c(c4)c4ccccc4n5-c4ccccc4)cc3)c2)cc1. The molecule has 0 N–H and O–H groups in total. The van der Waals surface area contributed by atoms with Crippen LogP contribution in [0.3, 0.4) is 0 Å². The topological polar surface area (TPSA) is 4.93 Å². The summed E-state index contributed by atoms with van der Waals surface area (Å²) < 4.78 is 2.36. The van der Waals surface area contributed by atoms with Crippen molar-refractivity contribution in [1.29, 1.82) is 0 Å². The van der Waals surface area contributed by atoms with Gasteiger partial charge in [-0.2, -0.15) is 0 Å². The van der Waals surface area contributed by atoms with Crippen LogP contribution in [0, 0.1) is 0 Å². The fourth-order valence-electron chi connectivity index (χ4n) is 5.55. The zero-order valence-corrected chi connectivity index (χ0v) is 21.1. The van der Waals surface area contributed by atoms with E-state index in [0.717, 1.165) is 6.42 Å². The van der Waals surface area contributed by atoms with Crippen molar-refractivity contribution in [2.24, 2.45) is 0 Å². The predicted octanol–water partition coefficient (Wildman–Crippen LogP) is 9.71. The number of rotatable bonds is 5. The van der Waals surface area contributed by atoms with Crippen molar-refractivity contribution in [2.45, 2.75) is 6.42 Å². The van der Waals surface area contributed by atoms with Crippen LogP contribution in [0.1, 0.15) is 11.1 Å². The third-order valence-corrected chi connectivity index (χ3v) is 7.42. The summed E-state index contributed by atoms with van der Waals surface area (Å²) in [4.78, 5) is 0. The summed E-state index contributed by atoms with van der Waals surface area (Å²) in [7, 11) is 0. The molecule has 0 fully saturated rings. The molecule has 180 valence electrons. The number of fused-ring (bicyclic) bond motifs is 3. The van der Waals surface area contributed by atoms with Gasteiger partial charge in [-0.1, -0.05) is 121 Å². The lowest BCUT2D eigenvalue weighted by Crippen LogP contribution is -1.92. The maximum atomic E-state index is 2.36. The normalized spacial score (nSPS) is 11.3. The summed E-state index contributed by atoms with van der Waals surface area (Å²) in [6.07, 6.45) is 0.921. The van der Waals surface area contributed by atoms with Gasteiger partial charge in [0, 0.05) is 16.5 Å². The van der Waals surface area contributed by atoms with Gasteiger partial charge in [-0.05, 0) is 70.1 Å². The van der Waals surface area contributed by atoms with Crippen molar-refractivity contribution < 1.29 is 0 Å². The number of hydrogen-bond donors (Lipinski definition) is 0. The Morgan fingerprint density at radius 2 is 0.974 bits per heavy atom. The second-order valence-corrected chi connectivity index (χ2v) is 9.86. The van der Waals surface area contributed by atoms with E-state index in [-0.39, 0.29) is 0 Å². The van der Waals surface area contributed by atoms with E-state index in [2.05, 4.69) is 156 Å². The Morgan fingerprint density at radius 3 is 1.79 bits per heavy atom. The molecule has 0 aliphatic heterocycles. The van der Waals surface area contributed by atoms with Gasteiger partial charge < -0.3 is 4.57 Å². The first-order valence-electron chi connectivity index (χ1n) is 13.2. The third-order valence-electron chi connectivity index (χ3n) is 7.42. The standard InChI is InChI=1S/C37H27N/c1-3-11-29(12-4-1)31-13-9-10-28(25-31)24-27-18-20-30(21-19-27)32-22-23-37-35(26-32)34-16-7-8-17-36(34)38(37)33-14-5-2-6-15-33/h1-23,25-26H,24H2. The molecule has 7 rings (SSSR count). The van der Waals surface area contributed by atoms with Crippen LogP contribution in [0.15, 0.2) is 152 Å².